The Morgan fingerprint density at radius 3 is 3.07 bits per heavy atom. The van der Waals surface area contributed by atoms with Gasteiger partial charge in [0.25, 0.3) is 0 Å². The Morgan fingerprint density at radius 1 is 1.79 bits per heavy atom. The van der Waals surface area contributed by atoms with Crippen LogP contribution in [-0.2, 0) is 7.05 Å². The maximum Gasteiger partial charge on any atom is 0.356 e. The minimum Gasteiger partial charge on any atom is -0.476 e. The molecule has 5 heteroatoms. The first-order valence-corrected chi connectivity index (χ1v) is 4.69. The molecule has 0 spiro atoms. The molecular formula is C9H13N3O2. The van der Waals surface area contributed by atoms with Gasteiger partial charge in [0.05, 0.1) is 5.69 Å². The smallest absolute Gasteiger partial charge is 0.356 e. The number of hydrogen-bond acceptors (Lipinski definition) is 3. The molecule has 1 fully saturated rings. The number of nitrogens with one attached hydrogen (secondary N) is 1. The number of aromatic carboxylic acids is 1. The highest BCUT2D eigenvalue weighted by atomic mass is 16.4. The van der Waals surface area contributed by atoms with Gasteiger partial charge in [0.15, 0.2) is 5.69 Å². The van der Waals surface area contributed by atoms with Gasteiger partial charge in [-0.1, -0.05) is 0 Å². The first-order valence-electron chi connectivity index (χ1n) is 4.69. The summed E-state index contributed by atoms with van der Waals surface area (Å²) in [5.41, 5.74) is 1.08. The Labute approximate surface area is 81.7 Å². The fourth-order valence-corrected chi connectivity index (χ4v) is 1.85. The number of carbonyl (C=O) groups is 1. The molecule has 1 aliphatic heterocycles. The molecule has 0 aromatic carbocycles. The van der Waals surface area contributed by atoms with Gasteiger partial charge in [-0.3, -0.25) is 4.68 Å². The van der Waals surface area contributed by atoms with Gasteiger partial charge in [-0.25, -0.2) is 4.79 Å². The lowest BCUT2D eigenvalue weighted by atomic mass is 10.1. The Hall–Kier alpha value is -1.36. The predicted octanol–water partition coefficient (Wildman–Crippen LogP) is 0.543. The summed E-state index contributed by atoms with van der Waals surface area (Å²) in [6.07, 6.45) is 2.19. The van der Waals surface area contributed by atoms with E-state index in [1.165, 1.54) is 0 Å². The largest absolute Gasteiger partial charge is 0.476 e. The van der Waals surface area contributed by atoms with E-state index in [4.69, 9.17) is 5.11 Å². The molecule has 1 aliphatic rings. The van der Waals surface area contributed by atoms with Crippen molar-refractivity contribution in [3.63, 3.8) is 0 Å². The fourth-order valence-electron chi connectivity index (χ4n) is 1.85. The highest BCUT2D eigenvalue weighted by Gasteiger charge is 2.21. The minimum atomic E-state index is -0.968. The van der Waals surface area contributed by atoms with E-state index < -0.39 is 5.97 Å². The van der Waals surface area contributed by atoms with Crippen molar-refractivity contribution >= 4 is 5.97 Å². The highest BCUT2D eigenvalue weighted by molar-refractivity contribution is 5.85. The van der Waals surface area contributed by atoms with Gasteiger partial charge < -0.3 is 10.4 Å². The van der Waals surface area contributed by atoms with Crippen LogP contribution in [0, 0.1) is 0 Å². The second-order valence-electron chi connectivity index (χ2n) is 3.53. The summed E-state index contributed by atoms with van der Waals surface area (Å²) in [5.74, 6) is -0.968. The zero-order valence-corrected chi connectivity index (χ0v) is 8.03. The third kappa shape index (κ3) is 1.50. The van der Waals surface area contributed by atoms with Crippen LogP contribution in [0.5, 0.6) is 0 Å². The summed E-state index contributed by atoms with van der Waals surface area (Å²) < 4.78 is 1.65. The normalized spacial score (nSPS) is 21.4. The van der Waals surface area contributed by atoms with E-state index in [1.54, 1.807) is 17.8 Å². The van der Waals surface area contributed by atoms with Gasteiger partial charge in [-0.05, 0) is 25.5 Å². The van der Waals surface area contributed by atoms with Crippen LogP contribution >= 0.6 is 0 Å². The van der Waals surface area contributed by atoms with Crippen molar-refractivity contribution in [2.75, 3.05) is 6.54 Å². The summed E-state index contributed by atoms with van der Waals surface area (Å²) in [6, 6.07) is 1.91. The zero-order valence-electron chi connectivity index (χ0n) is 8.03. The highest BCUT2D eigenvalue weighted by Crippen LogP contribution is 2.22. The van der Waals surface area contributed by atoms with Crippen LogP contribution in [0.3, 0.4) is 0 Å². The zero-order chi connectivity index (χ0) is 10.1. The second kappa shape index (κ2) is 3.42. The van der Waals surface area contributed by atoms with E-state index in [0.29, 0.717) is 0 Å². The van der Waals surface area contributed by atoms with E-state index in [9.17, 15) is 4.79 Å². The number of hydrogen-bond donors (Lipinski definition) is 2. The molecule has 0 radical (unpaired) electrons. The van der Waals surface area contributed by atoms with Gasteiger partial charge in [0.2, 0.25) is 0 Å². The molecular weight excluding hydrogens is 182 g/mol. The molecule has 0 aliphatic carbocycles. The number of carboxylic acids is 1. The fraction of sp³-hybridized carbons (Fsp3) is 0.556. The number of rotatable bonds is 2. The maximum atomic E-state index is 10.7. The van der Waals surface area contributed by atoms with Crippen LogP contribution in [0.15, 0.2) is 6.07 Å². The molecule has 0 amide bonds. The number of aryl methyl sites for hydroxylation is 1. The van der Waals surface area contributed by atoms with Gasteiger partial charge in [-0.2, -0.15) is 5.10 Å². The minimum absolute atomic E-state index is 0.121. The lowest BCUT2D eigenvalue weighted by Gasteiger charge is -2.09. The number of nitrogens with zero attached hydrogens (tertiary/aromatic N) is 2. The molecule has 1 saturated heterocycles. The summed E-state index contributed by atoms with van der Waals surface area (Å²) >= 11 is 0. The monoisotopic (exact) mass is 195 g/mol. The average Bonchev–Trinajstić information content (AvgIpc) is 2.71. The van der Waals surface area contributed by atoms with E-state index in [-0.39, 0.29) is 11.7 Å². The lowest BCUT2D eigenvalue weighted by Crippen LogP contribution is -2.16. The van der Waals surface area contributed by atoms with Gasteiger partial charge in [0.1, 0.15) is 0 Å². The van der Waals surface area contributed by atoms with Crippen molar-refractivity contribution in [1.82, 2.24) is 15.1 Å². The second-order valence-corrected chi connectivity index (χ2v) is 3.53. The summed E-state index contributed by atoms with van der Waals surface area (Å²) in [4.78, 5) is 10.7. The molecule has 76 valence electrons. The molecule has 0 saturated carbocycles. The van der Waals surface area contributed by atoms with Crippen LogP contribution < -0.4 is 5.32 Å². The van der Waals surface area contributed by atoms with Crippen molar-refractivity contribution in [3.8, 4) is 0 Å². The van der Waals surface area contributed by atoms with E-state index >= 15 is 0 Å². The van der Waals surface area contributed by atoms with E-state index in [2.05, 4.69) is 10.4 Å². The lowest BCUT2D eigenvalue weighted by molar-refractivity contribution is 0.0689. The first kappa shape index (κ1) is 9.21. The van der Waals surface area contributed by atoms with Crippen molar-refractivity contribution in [3.05, 3.63) is 17.5 Å². The van der Waals surface area contributed by atoms with Crippen LogP contribution in [0.2, 0.25) is 0 Å². The predicted molar refractivity (Wildman–Crippen MR) is 50.1 cm³/mol. The third-order valence-electron chi connectivity index (χ3n) is 2.55. The van der Waals surface area contributed by atoms with Crippen molar-refractivity contribution in [2.24, 2.45) is 7.05 Å². The Balaban J connectivity index is 2.28. The van der Waals surface area contributed by atoms with Crippen molar-refractivity contribution < 1.29 is 9.90 Å². The first-order chi connectivity index (χ1) is 6.68. The molecule has 1 aromatic rings. The third-order valence-corrected chi connectivity index (χ3v) is 2.55. The van der Waals surface area contributed by atoms with Crippen LogP contribution in [0.1, 0.15) is 35.1 Å². The van der Waals surface area contributed by atoms with Crippen molar-refractivity contribution in [2.45, 2.75) is 18.9 Å². The van der Waals surface area contributed by atoms with E-state index in [1.807, 2.05) is 0 Å². The molecule has 1 atom stereocenters. The molecule has 14 heavy (non-hydrogen) atoms. The Morgan fingerprint density at radius 2 is 2.57 bits per heavy atom. The molecule has 0 bridgehead atoms. The molecule has 1 aromatic heterocycles. The molecule has 2 rings (SSSR count). The SMILES string of the molecule is Cn1nc(C(=O)O)cc1C1CCCN1. The summed E-state index contributed by atoms with van der Waals surface area (Å²) in [6.45, 7) is 0.998. The van der Waals surface area contributed by atoms with Gasteiger partial charge in [0, 0.05) is 13.1 Å². The topological polar surface area (TPSA) is 67.2 Å². The molecule has 2 heterocycles. The molecule has 1 unspecified atom stereocenters. The van der Waals surface area contributed by atoms with Crippen LogP contribution in [-0.4, -0.2) is 27.4 Å². The Kier molecular flexibility index (Phi) is 2.25. The van der Waals surface area contributed by atoms with Crippen molar-refractivity contribution in [1.29, 1.82) is 0 Å². The molecule has 5 nitrogen and oxygen atoms in total. The average molecular weight is 195 g/mol. The molecule has 2 N–H and O–H groups in total. The maximum absolute atomic E-state index is 10.7. The van der Waals surface area contributed by atoms with Crippen LogP contribution in [0.4, 0.5) is 0 Å². The Bertz CT molecular complexity index is 353. The standard InChI is InChI=1S/C9H13N3O2/c1-12-8(6-3-2-4-10-6)5-7(11-12)9(13)14/h5-6,10H,2-4H2,1H3,(H,13,14). The summed E-state index contributed by atoms with van der Waals surface area (Å²) in [7, 11) is 1.78. The van der Waals surface area contributed by atoms with Gasteiger partial charge >= 0.3 is 5.97 Å². The number of aromatic nitrogens is 2. The van der Waals surface area contributed by atoms with E-state index in [0.717, 1.165) is 25.1 Å². The number of carboxylic acid groups (broad SMARTS) is 1. The summed E-state index contributed by atoms with van der Waals surface area (Å²) in [5, 5.41) is 16.0. The quantitative estimate of drug-likeness (QED) is 0.723. The van der Waals surface area contributed by atoms with Crippen LogP contribution in [0.25, 0.3) is 0 Å². The van der Waals surface area contributed by atoms with Gasteiger partial charge in [-0.15, -0.1) is 0 Å².